The second-order valence-corrected chi connectivity index (χ2v) is 10.2. The predicted molar refractivity (Wildman–Crippen MR) is 157 cm³/mol. The molecule has 0 radical (unpaired) electrons. The molecule has 194 valence electrons. The van der Waals surface area contributed by atoms with E-state index in [0.717, 1.165) is 73.2 Å². The maximum Gasteiger partial charge on any atom is 0.272 e. The smallest absolute Gasteiger partial charge is 0.272 e. The van der Waals surface area contributed by atoms with Crippen LogP contribution in [0.5, 0.6) is 0 Å². The van der Waals surface area contributed by atoms with Gasteiger partial charge in [-0.3, -0.25) is 4.79 Å². The Morgan fingerprint density at radius 2 is 1.68 bits per heavy atom. The summed E-state index contributed by atoms with van der Waals surface area (Å²) in [5.41, 5.74) is 9.79. The van der Waals surface area contributed by atoms with Crippen LogP contribution in [-0.4, -0.2) is 41.1 Å². The van der Waals surface area contributed by atoms with Crippen LogP contribution in [-0.2, 0) is 6.42 Å². The Hall–Kier alpha value is -3.83. The van der Waals surface area contributed by atoms with Gasteiger partial charge in [0.15, 0.2) is 0 Å². The highest BCUT2D eigenvalue weighted by Crippen LogP contribution is 2.27. The Kier molecular flexibility index (Phi) is 8.25. The van der Waals surface area contributed by atoms with Crippen molar-refractivity contribution >= 4 is 22.5 Å². The van der Waals surface area contributed by atoms with Crippen molar-refractivity contribution in [2.75, 3.05) is 19.6 Å². The van der Waals surface area contributed by atoms with Gasteiger partial charge in [0.25, 0.3) is 5.91 Å². The Balaban J connectivity index is 1.27. The summed E-state index contributed by atoms with van der Waals surface area (Å²) in [7, 11) is 0. The summed E-state index contributed by atoms with van der Waals surface area (Å²) in [6, 6.07) is 28.8. The van der Waals surface area contributed by atoms with E-state index in [2.05, 4.69) is 83.9 Å². The average molecular weight is 505 g/mol. The van der Waals surface area contributed by atoms with Gasteiger partial charge in [-0.1, -0.05) is 86.6 Å². The highest BCUT2D eigenvalue weighted by atomic mass is 16.2. The molecule has 5 nitrogen and oxygen atoms in total. The molecule has 1 N–H and O–H groups in total. The second-order valence-electron chi connectivity index (χ2n) is 10.2. The fraction of sp³-hybridized carbons (Fsp3) is 0.303. The van der Waals surface area contributed by atoms with E-state index in [0.29, 0.717) is 11.5 Å². The number of hydrazone groups is 1. The molecule has 1 aromatic heterocycles. The number of nitrogens with one attached hydrogen (secondary N) is 1. The van der Waals surface area contributed by atoms with E-state index in [9.17, 15) is 4.79 Å². The first-order chi connectivity index (χ1) is 18.6. The molecule has 5 rings (SSSR count). The Labute approximate surface area is 225 Å². The molecule has 0 unspecified atom stereocenters. The third-order valence-electron chi connectivity index (χ3n) is 7.66. The highest BCUT2D eigenvalue weighted by molar-refractivity contribution is 6.07. The van der Waals surface area contributed by atoms with Crippen molar-refractivity contribution in [3.63, 3.8) is 0 Å². The quantitative estimate of drug-likeness (QED) is 0.267. The van der Waals surface area contributed by atoms with E-state index in [1.165, 1.54) is 11.1 Å². The Bertz CT molecular complexity index is 1400. The zero-order valence-corrected chi connectivity index (χ0v) is 22.4. The number of pyridine rings is 1. The first kappa shape index (κ1) is 25.8. The number of rotatable bonds is 8. The Morgan fingerprint density at radius 3 is 2.42 bits per heavy atom. The van der Waals surface area contributed by atoms with Gasteiger partial charge in [-0.25, -0.2) is 10.4 Å². The fourth-order valence-electron chi connectivity index (χ4n) is 5.00. The van der Waals surface area contributed by atoms with E-state index in [4.69, 9.17) is 4.98 Å². The summed E-state index contributed by atoms with van der Waals surface area (Å²) in [6.07, 6.45) is 3.91. The van der Waals surface area contributed by atoms with Gasteiger partial charge in [0, 0.05) is 49.1 Å². The first-order valence-electron chi connectivity index (χ1n) is 13.7. The lowest BCUT2D eigenvalue weighted by atomic mass is 9.96. The van der Waals surface area contributed by atoms with Crippen LogP contribution in [0.25, 0.3) is 22.2 Å². The summed E-state index contributed by atoms with van der Waals surface area (Å²) >= 11 is 0. The highest BCUT2D eigenvalue weighted by Gasteiger charge is 2.17. The maximum absolute atomic E-state index is 13.3. The number of piperidine rings is 1. The van der Waals surface area contributed by atoms with Crippen molar-refractivity contribution in [2.45, 2.75) is 45.4 Å². The average Bonchev–Trinajstić information content (AvgIpc) is 2.99. The van der Waals surface area contributed by atoms with Gasteiger partial charge in [0.2, 0.25) is 0 Å². The number of hydrogen-bond donors (Lipinski definition) is 1. The molecular weight excluding hydrogens is 468 g/mol. The molecule has 5 heteroatoms. The molecule has 1 fully saturated rings. The molecule has 0 spiro atoms. The molecule has 1 atom stereocenters. The summed E-state index contributed by atoms with van der Waals surface area (Å²) in [6.45, 7) is 7.43. The third kappa shape index (κ3) is 6.17. The fourth-order valence-corrected chi connectivity index (χ4v) is 5.00. The number of fused-ring (bicyclic) bond motifs is 1. The maximum atomic E-state index is 13.3. The third-order valence-corrected chi connectivity index (χ3v) is 7.66. The van der Waals surface area contributed by atoms with Crippen molar-refractivity contribution in [2.24, 2.45) is 5.10 Å². The molecule has 1 amide bonds. The van der Waals surface area contributed by atoms with Crippen LogP contribution in [0, 0.1) is 0 Å². The molecule has 0 saturated carbocycles. The van der Waals surface area contributed by atoms with E-state index < -0.39 is 0 Å². The van der Waals surface area contributed by atoms with Gasteiger partial charge in [0.1, 0.15) is 0 Å². The number of carbonyl (C=O) groups excluding carboxylic acids is 1. The van der Waals surface area contributed by atoms with Crippen LogP contribution in [0.3, 0.4) is 0 Å². The predicted octanol–water partition coefficient (Wildman–Crippen LogP) is 6.84. The second kappa shape index (κ2) is 12.1. The number of nitrogens with zero attached hydrogens (tertiary/aromatic N) is 3. The first-order valence-corrected chi connectivity index (χ1v) is 13.7. The van der Waals surface area contributed by atoms with E-state index in [1.807, 2.05) is 30.3 Å². The summed E-state index contributed by atoms with van der Waals surface area (Å²) in [5.74, 6) is 0.324. The van der Waals surface area contributed by atoms with Gasteiger partial charge in [-0.2, -0.15) is 5.10 Å². The van der Waals surface area contributed by atoms with Crippen molar-refractivity contribution < 1.29 is 4.79 Å². The van der Waals surface area contributed by atoms with Crippen LogP contribution >= 0.6 is 0 Å². The molecule has 1 saturated heterocycles. The zero-order chi connectivity index (χ0) is 26.3. The molecule has 1 aliphatic heterocycles. The van der Waals surface area contributed by atoms with Gasteiger partial charge >= 0.3 is 0 Å². The monoisotopic (exact) mass is 504 g/mol. The van der Waals surface area contributed by atoms with E-state index >= 15 is 0 Å². The number of para-hydroxylation sites is 1. The van der Waals surface area contributed by atoms with Gasteiger partial charge < -0.3 is 4.90 Å². The molecule has 38 heavy (non-hydrogen) atoms. The number of benzene rings is 3. The van der Waals surface area contributed by atoms with E-state index in [1.54, 1.807) is 0 Å². The molecule has 0 bridgehead atoms. The SMILES string of the molecule is CC[C@@H](C)c1ccc(-c2cc(C(=O)NN=C3CCN(CCc4ccccc4)CC3)c3ccccc3n2)cc1. The van der Waals surface area contributed by atoms with Gasteiger partial charge in [-0.05, 0) is 42.0 Å². The minimum absolute atomic E-state index is 0.194. The van der Waals surface area contributed by atoms with Crippen LogP contribution in [0.1, 0.15) is 60.5 Å². The number of carbonyl (C=O) groups is 1. The Morgan fingerprint density at radius 1 is 0.974 bits per heavy atom. The summed E-state index contributed by atoms with van der Waals surface area (Å²) in [5, 5.41) is 5.37. The van der Waals surface area contributed by atoms with Crippen molar-refractivity contribution in [3.8, 4) is 11.3 Å². The minimum Gasteiger partial charge on any atom is -0.302 e. The van der Waals surface area contributed by atoms with Crippen LogP contribution in [0.15, 0.2) is 90.0 Å². The lowest BCUT2D eigenvalue weighted by Gasteiger charge is -2.27. The number of amides is 1. The number of hydrogen-bond acceptors (Lipinski definition) is 4. The molecule has 0 aliphatic carbocycles. The number of likely N-dealkylation sites (tertiary alicyclic amines) is 1. The molecular formula is C33H36N4O. The number of aromatic nitrogens is 1. The summed E-state index contributed by atoms with van der Waals surface area (Å²) < 4.78 is 0. The molecule has 3 aromatic carbocycles. The van der Waals surface area contributed by atoms with Crippen LogP contribution in [0.4, 0.5) is 0 Å². The molecule has 2 heterocycles. The summed E-state index contributed by atoms with van der Waals surface area (Å²) in [4.78, 5) is 20.7. The van der Waals surface area contributed by atoms with Crippen LogP contribution in [0.2, 0.25) is 0 Å². The largest absolute Gasteiger partial charge is 0.302 e. The standard InChI is InChI=1S/C33H36N4O/c1-3-24(2)26-13-15-27(16-14-26)32-23-30(29-11-7-8-12-31(29)34-32)33(38)36-35-28-18-21-37(22-19-28)20-17-25-9-5-4-6-10-25/h4-16,23-24H,3,17-22H2,1-2H3,(H,36,38)/t24-/m1/s1. The lowest BCUT2D eigenvalue weighted by molar-refractivity contribution is 0.0956. The van der Waals surface area contributed by atoms with Crippen molar-refractivity contribution in [1.82, 2.24) is 15.3 Å². The minimum atomic E-state index is -0.194. The molecule has 4 aromatic rings. The molecule has 1 aliphatic rings. The van der Waals surface area contributed by atoms with Gasteiger partial charge in [-0.15, -0.1) is 0 Å². The van der Waals surface area contributed by atoms with Gasteiger partial charge in [0.05, 0.1) is 16.8 Å². The normalized spacial score (nSPS) is 14.8. The topological polar surface area (TPSA) is 57.6 Å². The lowest BCUT2D eigenvalue weighted by Crippen LogP contribution is -2.36. The van der Waals surface area contributed by atoms with Crippen molar-refractivity contribution in [1.29, 1.82) is 0 Å². The van der Waals surface area contributed by atoms with Crippen molar-refractivity contribution in [3.05, 3.63) is 102 Å². The van der Waals surface area contributed by atoms with Crippen LogP contribution < -0.4 is 5.43 Å². The van der Waals surface area contributed by atoms with E-state index in [-0.39, 0.29) is 5.91 Å². The zero-order valence-electron chi connectivity index (χ0n) is 22.4.